The number of nitrogens with one attached hydrogen (secondary N) is 1. The highest BCUT2D eigenvalue weighted by Gasteiger charge is 2.24. The maximum atomic E-state index is 13.5. The van der Waals surface area contributed by atoms with E-state index in [2.05, 4.69) is 10.4 Å². The number of rotatable bonds is 8. The molecule has 11 heteroatoms. The van der Waals surface area contributed by atoms with E-state index in [1.54, 1.807) is 30.3 Å². The number of hydrogen-bond acceptors (Lipinski definition) is 7. The highest BCUT2D eigenvalue weighted by atomic mass is 35.5. The molecule has 1 fully saturated rings. The third-order valence-corrected chi connectivity index (χ3v) is 7.22. The van der Waals surface area contributed by atoms with Crippen LogP contribution in [0.25, 0.3) is 10.9 Å². The molecule has 4 aromatic rings. The Balaban J connectivity index is 1.51. The summed E-state index contributed by atoms with van der Waals surface area (Å²) in [5, 5.41) is 19.5. The van der Waals surface area contributed by atoms with Gasteiger partial charge in [-0.1, -0.05) is 60.7 Å². The molecule has 1 heterocycles. The van der Waals surface area contributed by atoms with Crippen LogP contribution in [0.15, 0.2) is 70.6 Å². The average molecular weight is 574 g/mol. The minimum Gasteiger partial charge on any atom is -0.476 e. The Morgan fingerprint density at radius 1 is 1.17 bits per heavy atom. The molecular weight excluding hydrogens is 546 g/mol. The molecule has 1 N–H and O–H groups in total. The van der Waals surface area contributed by atoms with Gasteiger partial charge in [-0.05, 0) is 50.1 Å². The normalized spacial score (nSPS) is 13.9. The number of nitro benzene ring substituents is 1. The minimum absolute atomic E-state index is 0.0492. The summed E-state index contributed by atoms with van der Waals surface area (Å²) in [6.07, 6.45) is 6.24. The van der Waals surface area contributed by atoms with Crippen LogP contribution in [0.2, 0.25) is 5.02 Å². The van der Waals surface area contributed by atoms with Crippen LogP contribution >= 0.6 is 11.6 Å². The van der Waals surface area contributed by atoms with Gasteiger partial charge in [0.1, 0.15) is 5.82 Å². The molecule has 0 aliphatic heterocycles. The van der Waals surface area contributed by atoms with Gasteiger partial charge < -0.3 is 10.1 Å². The van der Waals surface area contributed by atoms with Crippen LogP contribution < -0.4 is 15.6 Å². The second-order valence-electron chi connectivity index (χ2n) is 9.99. The number of aryl methyl sites for hydroxylation is 1. The fraction of sp³-hybridized carbons (Fsp3) is 0.267. The van der Waals surface area contributed by atoms with Crippen LogP contribution in [0.3, 0.4) is 0 Å². The summed E-state index contributed by atoms with van der Waals surface area (Å²) in [4.78, 5) is 42.2. The van der Waals surface area contributed by atoms with E-state index in [4.69, 9.17) is 21.3 Å². The molecule has 0 spiro atoms. The van der Waals surface area contributed by atoms with E-state index in [1.807, 2.05) is 25.1 Å². The van der Waals surface area contributed by atoms with Gasteiger partial charge in [-0.15, -0.1) is 0 Å². The molecule has 1 aliphatic rings. The summed E-state index contributed by atoms with van der Waals surface area (Å²) in [6.45, 7) is 1.43. The van der Waals surface area contributed by atoms with Gasteiger partial charge in [0.15, 0.2) is 6.61 Å². The van der Waals surface area contributed by atoms with Crippen molar-refractivity contribution in [1.82, 2.24) is 9.66 Å². The number of anilines is 1. The molecule has 1 aromatic heterocycles. The quantitative estimate of drug-likeness (QED) is 0.151. The number of nitro groups is 1. The van der Waals surface area contributed by atoms with Gasteiger partial charge in [0, 0.05) is 28.3 Å². The highest BCUT2D eigenvalue weighted by Crippen LogP contribution is 2.35. The first-order valence-electron chi connectivity index (χ1n) is 13.3. The predicted octanol–water partition coefficient (Wildman–Crippen LogP) is 6.21. The second-order valence-corrected chi connectivity index (χ2v) is 10.4. The number of halogens is 1. The van der Waals surface area contributed by atoms with E-state index in [9.17, 15) is 19.7 Å². The summed E-state index contributed by atoms with van der Waals surface area (Å²) >= 11 is 6.21. The van der Waals surface area contributed by atoms with Crippen molar-refractivity contribution in [2.45, 2.75) is 44.9 Å². The molecule has 1 aliphatic carbocycles. The first-order valence-corrected chi connectivity index (χ1v) is 13.7. The van der Waals surface area contributed by atoms with Gasteiger partial charge in [-0.25, -0.2) is 4.98 Å². The van der Waals surface area contributed by atoms with E-state index in [0.717, 1.165) is 43.7 Å². The lowest BCUT2D eigenvalue weighted by molar-refractivity contribution is -0.385. The molecule has 210 valence electrons. The van der Waals surface area contributed by atoms with Crippen molar-refractivity contribution < 1.29 is 14.5 Å². The molecule has 0 unspecified atom stereocenters. The van der Waals surface area contributed by atoms with Gasteiger partial charge in [0.25, 0.3) is 11.5 Å². The number of carbonyl (C=O) groups excluding carboxylic acids is 1. The Hall–Kier alpha value is -4.57. The Morgan fingerprint density at radius 2 is 1.90 bits per heavy atom. The van der Waals surface area contributed by atoms with Crippen LogP contribution in [0.1, 0.15) is 55.0 Å². The Morgan fingerprint density at radius 3 is 2.63 bits per heavy atom. The van der Waals surface area contributed by atoms with Gasteiger partial charge in [-0.3, -0.25) is 19.7 Å². The Labute approximate surface area is 240 Å². The van der Waals surface area contributed by atoms with Crippen LogP contribution in [0.4, 0.5) is 11.4 Å². The third-order valence-electron chi connectivity index (χ3n) is 7.00. The molecule has 10 nitrogen and oxygen atoms in total. The van der Waals surface area contributed by atoms with Crippen LogP contribution in [0, 0.1) is 17.0 Å². The standard InChI is InChI=1S/C30H28ClN5O5/c1-19-11-13-23(14-12-19)33-27(37)18-41-28-21(15-22(31)16-26(28)36(39)40)17-32-35-29(20-7-3-2-4-8-20)34-25-10-6-5-9-24(25)30(35)38/h5-6,9-17,20H,2-4,7-8,18H2,1H3,(H,33,37). The van der Waals surface area contributed by atoms with Crippen molar-refractivity contribution in [3.8, 4) is 5.75 Å². The number of amides is 1. The number of aromatic nitrogens is 2. The fourth-order valence-corrected chi connectivity index (χ4v) is 5.18. The van der Waals surface area contributed by atoms with E-state index in [0.29, 0.717) is 22.4 Å². The second kappa shape index (κ2) is 12.3. The van der Waals surface area contributed by atoms with E-state index in [1.165, 1.54) is 17.0 Å². The summed E-state index contributed by atoms with van der Waals surface area (Å²) in [7, 11) is 0. The zero-order valence-corrected chi connectivity index (χ0v) is 23.1. The van der Waals surface area contributed by atoms with Crippen molar-refractivity contribution >= 4 is 46.0 Å². The summed E-state index contributed by atoms with van der Waals surface area (Å²) in [5.41, 5.74) is 1.55. The van der Waals surface area contributed by atoms with Crippen molar-refractivity contribution in [1.29, 1.82) is 0 Å². The maximum absolute atomic E-state index is 13.5. The number of carbonyl (C=O) groups is 1. The molecule has 41 heavy (non-hydrogen) atoms. The molecule has 0 bridgehead atoms. The lowest BCUT2D eigenvalue weighted by Gasteiger charge is -2.22. The molecule has 3 aromatic carbocycles. The molecular formula is C30H28ClN5O5. The molecule has 0 saturated heterocycles. The third kappa shape index (κ3) is 6.44. The summed E-state index contributed by atoms with van der Waals surface area (Å²) < 4.78 is 6.93. The van der Waals surface area contributed by atoms with E-state index >= 15 is 0 Å². The largest absolute Gasteiger partial charge is 0.476 e. The number of hydrogen-bond donors (Lipinski definition) is 1. The summed E-state index contributed by atoms with van der Waals surface area (Å²) in [6, 6.07) is 16.8. The zero-order valence-electron chi connectivity index (χ0n) is 22.4. The lowest BCUT2D eigenvalue weighted by Crippen LogP contribution is -2.25. The van der Waals surface area contributed by atoms with Gasteiger partial charge in [0.2, 0.25) is 5.75 Å². The monoisotopic (exact) mass is 573 g/mol. The lowest BCUT2D eigenvalue weighted by atomic mass is 9.88. The van der Waals surface area contributed by atoms with Gasteiger partial charge in [-0.2, -0.15) is 9.78 Å². The number of ether oxygens (including phenoxy) is 1. The number of benzene rings is 3. The van der Waals surface area contributed by atoms with Crippen LogP contribution in [0.5, 0.6) is 5.75 Å². The van der Waals surface area contributed by atoms with Gasteiger partial charge >= 0.3 is 5.69 Å². The molecule has 1 amide bonds. The predicted molar refractivity (Wildman–Crippen MR) is 158 cm³/mol. The molecule has 5 rings (SSSR count). The maximum Gasteiger partial charge on any atom is 0.313 e. The van der Waals surface area contributed by atoms with E-state index in [-0.39, 0.29) is 27.8 Å². The number of para-hydroxylation sites is 1. The minimum atomic E-state index is -0.645. The van der Waals surface area contributed by atoms with Crippen molar-refractivity contribution in [2.75, 3.05) is 11.9 Å². The smallest absolute Gasteiger partial charge is 0.313 e. The topological polar surface area (TPSA) is 129 Å². The first-order chi connectivity index (χ1) is 19.8. The number of nitrogens with zero attached hydrogens (tertiary/aromatic N) is 4. The first kappa shape index (κ1) is 28.0. The SMILES string of the molecule is Cc1ccc(NC(=O)COc2c(C=Nn3c(C4CCCCC4)nc4ccccc4c3=O)cc(Cl)cc2[N+](=O)[O-])cc1. The van der Waals surface area contributed by atoms with Crippen molar-refractivity contribution in [3.05, 3.63) is 103 Å². The molecule has 0 radical (unpaired) electrons. The van der Waals surface area contributed by atoms with Crippen molar-refractivity contribution in [3.63, 3.8) is 0 Å². The van der Waals surface area contributed by atoms with Crippen molar-refractivity contribution in [2.24, 2.45) is 5.10 Å². The Kier molecular flexibility index (Phi) is 8.39. The summed E-state index contributed by atoms with van der Waals surface area (Å²) in [5.74, 6) is -0.104. The van der Waals surface area contributed by atoms with Crippen LogP contribution in [-0.4, -0.2) is 33.3 Å². The van der Waals surface area contributed by atoms with E-state index < -0.39 is 23.1 Å². The average Bonchev–Trinajstić information content (AvgIpc) is 2.97. The van der Waals surface area contributed by atoms with Gasteiger partial charge in [0.05, 0.1) is 22.0 Å². The van der Waals surface area contributed by atoms with Crippen LogP contribution in [-0.2, 0) is 4.79 Å². The highest BCUT2D eigenvalue weighted by molar-refractivity contribution is 6.31. The fourth-order valence-electron chi connectivity index (χ4n) is 4.96. The zero-order chi connectivity index (χ0) is 28.9. The molecule has 0 atom stereocenters. The number of fused-ring (bicyclic) bond motifs is 1. The Bertz CT molecular complexity index is 1690. The molecule has 1 saturated carbocycles.